The van der Waals surface area contributed by atoms with Crippen molar-refractivity contribution in [3.05, 3.63) is 46.7 Å². The summed E-state index contributed by atoms with van der Waals surface area (Å²) in [7, 11) is 0. The molecule has 0 saturated carbocycles. The standard InChI is InChI=1S/C14H8F6N2O2/c15-13(16,17)9-4-2-7(5-10(9)14(18,19)20)1-3-8-6-11(23)12(24)22-21-8/h2,4-6H,1,3H2. The number of aryl methyl sites for hydroxylation is 1. The second kappa shape index (κ2) is 6.17. The lowest BCUT2D eigenvalue weighted by atomic mass is 9.99. The Morgan fingerprint density at radius 3 is 2.00 bits per heavy atom. The molecule has 0 aliphatic carbocycles. The maximum atomic E-state index is 12.8. The van der Waals surface area contributed by atoms with Gasteiger partial charge in [0.05, 0.1) is 16.8 Å². The first-order valence-electron chi connectivity index (χ1n) is 6.46. The second-order valence-corrected chi connectivity index (χ2v) is 4.88. The van der Waals surface area contributed by atoms with E-state index in [9.17, 15) is 35.9 Å². The Morgan fingerprint density at radius 1 is 0.833 bits per heavy atom. The molecule has 24 heavy (non-hydrogen) atoms. The zero-order valence-corrected chi connectivity index (χ0v) is 11.7. The molecule has 4 nitrogen and oxygen atoms in total. The van der Waals surface area contributed by atoms with Gasteiger partial charge in [-0.05, 0) is 30.5 Å². The van der Waals surface area contributed by atoms with E-state index >= 15 is 0 Å². The normalized spacial score (nSPS) is 15.7. The van der Waals surface area contributed by atoms with Gasteiger partial charge in [0, 0.05) is 6.08 Å². The van der Waals surface area contributed by atoms with Gasteiger partial charge in [-0.25, -0.2) is 0 Å². The minimum Gasteiger partial charge on any atom is -0.284 e. The molecular weight excluding hydrogens is 342 g/mol. The number of carbonyl (C=O) groups is 2. The predicted octanol–water partition coefficient (Wildman–Crippen LogP) is 4.10. The van der Waals surface area contributed by atoms with Gasteiger partial charge in [0.15, 0.2) is 0 Å². The van der Waals surface area contributed by atoms with Crippen molar-refractivity contribution in [3.63, 3.8) is 0 Å². The molecule has 1 amide bonds. The fourth-order valence-electron chi connectivity index (χ4n) is 2.02. The third kappa shape index (κ3) is 4.06. The van der Waals surface area contributed by atoms with E-state index in [4.69, 9.17) is 0 Å². The van der Waals surface area contributed by atoms with Gasteiger partial charge in [-0.1, -0.05) is 6.07 Å². The molecule has 1 aromatic rings. The SMILES string of the molecule is O=C1C=C(CCc2ccc(C(F)(F)F)c(C(F)(F)F)c2)N=NC1=O. The number of halogens is 6. The summed E-state index contributed by atoms with van der Waals surface area (Å²) in [6, 6.07) is 1.70. The minimum atomic E-state index is -5.16. The number of allylic oxidation sites excluding steroid dienone is 1. The Bertz CT molecular complexity index is 747. The largest absolute Gasteiger partial charge is 0.417 e. The third-order valence-corrected chi connectivity index (χ3v) is 3.14. The molecule has 128 valence electrons. The molecule has 1 heterocycles. The van der Waals surface area contributed by atoms with Crippen molar-refractivity contribution >= 4 is 11.7 Å². The number of amides is 1. The van der Waals surface area contributed by atoms with Crippen molar-refractivity contribution in [1.29, 1.82) is 0 Å². The van der Waals surface area contributed by atoms with E-state index in [1.165, 1.54) is 0 Å². The third-order valence-electron chi connectivity index (χ3n) is 3.14. The van der Waals surface area contributed by atoms with E-state index in [0.29, 0.717) is 12.1 Å². The Hall–Kier alpha value is -2.52. The highest BCUT2D eigenvalue weighted by Gasteiger charge is 2.42. The molecule has 0 atom stereocenters. The van der Waals surface area contributed by atoms with Gasteiger partial charge < -0.3 is 0 Å². The summed E-state index contributed by atoms with van der Waals surface area (Å²) in [4.78, 5) is 21.9. The lowest BCUT2D eigenvalue weighted by Gasteiger charge is -2.16. The quantitative estimate of drug-likeness (QED) is 0.609. The number of alkyl halides is 6. The smallest absolute Gasteiger partial charge is 0.284 e. The number of rotatable bonds is 3. The van der Waals surface area contributed by atoms with Crippen LogP contribution in [0, 0.1) is 0 Å². The number of azo groups is 1. The van der Waals surface area contributed by atoms with E-state index in [2.05, 4.69) is 10.2 Å². The van der Waals surface area contributed by atoms with Crippen LogP contribution in [0.1, 0.15) is 23.1 Å². The van der Waals surface area contributed by atoms with Gasteiger partial charge in [-0.3, -0.25) is 9.59 Å². The Balaban J connectivity index is 2.24. The summed E-state index contributed by atoms with van der Waals surface area (Å²) in [5.41, 5.74) is -3.50. The van der Waals surface area contributed by atoms with Gasteiger partial charge in [0.1, 0.15) is 0 Å². The van der Waals surface area contributed by atoms with Crippen LogP contribution in [-0.2, 0) is 28.4 Å². The number of ketones is 1. The van der Waals surface area contributed by atoms with Gasteiger partial charge in [-0.2, -0.15) is 31.5 Å². The van der Waals surface area contributed by atoms with Crippen LogP contribution in [0.3, 0.4) is 0 Å². The van der Waals surface area contributed by atoms with Crippen molar-refractivity contribution < 1.29 is 35.9 Å². The van der Waals surface area contributed by atoms with Crippen LogP contribution in [0.25, 0.3) is 0 Å². The van der Waals surface area contributed by atoms with Gasteiger partial charge in [-0.15, -0.1) is 5.11 Å². The van der Waals surface area contributed by atoms with Crippen molar-refractivity contribution in [2.75, 3.05) is 0 Å². The van der Waals surface area contributed by atoms with Crippen molar-refractivity contribution in [2.45, 2.75) is 25.2 Å². The number of hydrogen-bond donors (Lipinski definition) is 0. The zero-order valence-electron chi connectivity index (χ0n) is 11.7. The molecule has 2 rings (SSSR count). The fraction of sp³-hybridized carbons (Fsp3) is 0.286. The number of hydrogen-bond acceptors (Lipinski definition) is 3. The number of nitrogens with zero attached hydrogens (tertiary/aromatic N) is 2. The molecule has 0 unspecified atom stereocenters. The average Bonchev–Trinajstić information content (AvgIpc) is 2.46. The van der Waals surface area contributed by atoms with Crippen LogP contribution in [0.2, 0.25) is 0 Å². The topological polar surface area (TPSA) is 58.9 Å². The Kier molecular flexibility index (Phi) is 4.59. The predicted molar refractivity (Wildman–Crippen MR) is 67.7 cm³/mol. The van der Waals surface area contributed by atoms with Crippen LogP contribution in [-0.4, -0.2) is 11.7 Å². The van der Waals surface area contributed by atoms with Crippen LogP contribution < -0.4 is 0 Å². The summed E-state index contributed by atoms with van der Waals surface area (Å²) in [6.07, 6.45) is -9.55. The molecule has 1 aliphatic heterocycles. The summed E-state index contributed by atoms with van der Waals surface area (Å²) in [5.74, 6) is -1.98. The summed E-state index contributed by atoms with van der Waals surface area (Å²) in [5, 5.41) is 6.46. The molecule has 0 fully saturated rings. The van der Waals surface area contributed by atoms with Crippen LogP contribution in [0.15, 0.2) is 40.2 Å². The zero-order chi connectivity index (χ0) is 18.1. The molecule has 10 heteroatoms. The Labute approximate surface area is 130 Å². The van der Waals surface area contributed by atoms with Crippen LogP contribution in [0.5, 0.6) is 0 Å². The van der Waals surface area contributed by atoms with E-state index in [1.54, 1.807) is 0 Å². The molecular formula is C14H8F6N2O2. The van der Waals surface area contributed by atoms with Gasteiger partial charge in [0.25, 0.3) is 0 Å². The number of carbonyl (C=O) groups excluding carboxylic acids is 2. The molecule has 0 N–H and O–H groups in total. The maximum absolute atomic E-state index is 12.8. The second-order valence-electron chi connectivity index (χ2n) is 4.88. The fourth-order valence-corrected chi connectivity index (χ4v) is 2.02. The minimum absolute atomic E-state index is 0.0178. The maximum Gasteiger partial charge on any atom is 0.417 e. The molecule has 0 radical (unpaired) electrons. The summed E-state index contributed by atoms with van der Waals surface area (Å²) in [6.45, 7) is 0. The molecule has 0 aromatic heterocycles. The first kappa shape index (κ1) is 17.8. The van der Waals surface area contributed by atoms with Crippen molar-refractivity contribution in [2.24, 2.45) is 10.2 Å². The first-order valence-corrected chi connectivity index (χ1v) is 6.46. The van der Waals surface area contributed by atoms with E-state index in [-0.39, 0.29) is 24.1 Å². The molecule has 0 bridgehead atoms. The van der Waals surface area contributed by atoms with Gasteiger partial charge >= 0.3 is 18.3 Å². The Morgan fingerprint density at radius 2 is 1.46 bits per heavy atom. The van der Waals surface area contributed by atoms with E-state index < -0.39 is 35.2 Å². The highest BCUT2D eigenvalue weighted by molar-refractivity contribution is 6.41. The van der Waals surface area contributed by atoms with Crippen LogP contribution in [0.4, 0.5) is 26.3 Å². The van der Waals surface area contributed by atoms with E-state index in [1.807, 2.05) is 0 Å². The van der Waals surface area contributed by atoms with Crippen LogP contribution >= 0.6 is 0 Å². The lowest BCUT2D eigenvalue weighted by molar-refractivity contribution is -0.162. The van der Waals surface area contributed by atoms with Gasteiger partial charge in [0.2, 0.25) is 5.78 Å². The van der Waals surface area contributed by atoms with Crippen molar-refractivity contribution in [1.82, 2.24) is 0 Å². The molecule has 1 aromatic carbocycles. The highest BCUT2D eigenvalue weighted by Crippen LogP contribution is 2.40. The average molecular weight is 350 g/mol. The molecule has 0 saturated heterocycles. The first-order chi connectivity index (χ1) is 11.0. The highest BCUT2D eigenvalue weighted by atomic mass is 19.4. The van der Waals surface area contributed by atoms with E-state index in [0.717, 1.165) is 12.1 Å². The lowest BCUT2D eigenvalue weighted by Crippen LogP contribution is -2.17. The monoisotopic (exact) mass is 350 g/mol. The summed E-state index contributed by atoms with van der Waals surface area (Å²) < 4.78 is 76.4. The number of benzene rings is 1. The molecule has 0 spiro atoms. The summed E-state index contributed by atoms with van der Waals surface area (Å²) >= 11 is 0. The van der Waals surface area contributed by atoms with Crippen molar-refractivity contribution in [3.8, 4) is 0 Å². The molecule has 1 aliphatic rings.